The van der Waals surface area contributed by atoms with E-state index in [9.17, 15) is 19.5 Å². The number of likely N-dealkylation sites (N-methyl/N-ethyl adjacent to an activating group) is 1. The van der Waals surface area contributed by atoms with Crippen LogP contribution in [0.2, 0.25) is 0 Å². The van der Waals surface area contributed by atoms with Gasteiger partial charge in [0.1, 0.15) is 13.2 Å². The fourth-order valence-corrected chi connectivity index (χ4v) is 5.10. The highest BCUT2D eigenvalue weighted by Crippen LogP contribution is 2.13. The molecule has 0 aliphatic carbocycles. The highest BCUT2D eigenvalue weighted by atomic mass is 16.7. The van der Waals surface area contributed by atoms with Crippen LogP contribution in [-0.4, -0.2) is 82.3 Å². The maximum Gasteiger partial charge on any atom is 0.306 e. The molecule has 0 bridgehead atoms. The summed E-state index contributed by atoms with van der Waals surface area (Å²) in [6.45, 7) is 4.52. The largest absolute Gasteiger partial charge is 0.545 e. The Morgan fingerprint density at radius 1 is 0.585 bits per heavy atom. The number of hydrogen-bond acceptors (Lipinski definition) is 8. The van der Waals surface area contributed by atoms with E-state index in [0.717, 1.165) is 51.4 Å². The average Bonchev–Trinajstić information content (AvgIpc) is 3.11. The summed E-state index contributed by atoms with van der Waals surface area (Å²) in [5, 5.41) is 11.6. The molecule has 0 aromatic carbocycles. The SMILES string of the molecule is CC/C=C\C/C=C\C/C=C\C/C=C\C/C=C\CCCC(=O)OC(COC(=O)CCCCCCCCCCCCC)COC(OCC[N+](C)(C)C)C(=O)[O-]. The molecule has 2 atom stereocenters. The molecule has 304 valence electrons. The molecule has 53 heavy (non-hydrogen) atoms. The van der Waals surface area contributed by atoms with Crippen molar-refractivity contribution in [2.45, 2.75) is 155 Å². The molecule has 0 aliphatic heterocycles. The lowest BCUT2D eigenvalue weighted by molar-refractivity contribution is -0.870. The third-order valence-electron chi connectivity index (χ3n) is 8.28. The number of aliphatic carboxylic acids is 1. The first-order valence-electron chi connectivity index (χ1n) is 20.4. The Hall–Kier alpha value is -3.01. The standard InChI is InChI=1S/C44H75NO8/c1-6-8-10-12-14-16-18-19-20-21-22-23-25-27-29-31-33-35-42(47)53-40(39-52-44(43(48)49)50-37-36-45(3,4)5)38-51-41(46)34-32-30-28-26-24-17-15-13-11-9-7-2/h8,10,14,16,19-20,22-23,27,29,40,44H,6-7,9,11-13,15,17-18,21,24-26,28,30-39H2,1-5H3/b10-8-,16-14-,20-19-,23-22-,29-27-. The van der Waals surface area contributed by atoms with Crippen LogP contribution >= 0.6 is 0 Å². The zero-order valence-electron chi connectivity index (χ0n) is 34.1. The number of unbranched alkanes of at least 4 members (excludes halogenated alkanes) is 11. The van der Waals surface area contributed by atoms with Gasteiger partial charge >= 0.3 is 11.9 Å². The molecule has 2 unspecified atom stereocenters. The number of nitrogens with zero attached hydrogens (tertiary/aromatic N) is 1. The summed E-state index contributed by atoms with van der Waals surface area (Å²) < 4.78 is 22.4. The van der Waals surface area contributed by atoms with Gasteiger partial charge in [-0.05, 0) is 51.4 Å². The molecule has 0 heterocycles. The molecule has 0 saturated carbocycles. The highest BCUT2D eigenvalue weighted by molar-refractivity contribution is 5.70. The molecule has 0 amide bonds. The van der Waals surface area contributed by atoms with Crippen LogP contribution in [0.5, 0.6) is 0 Å². The lowest BCUT2D eigenvalue weighted by atomic mass is 10.1. The second-order valence-electron chi connectivity index (χ2n) is 14.5. The zero-order valence-corrected chi connectivity index (χ0v) is 34.1. The fraction of sp³-hybridized carbons (Fsp3) is 0.705. The van der Waals surface area contributed by atoms with Gasteiger partial charge in [0.05, 0.1) is 40.3 Å². The predicted octanol–water partition coefficient (Wildman–Crippen LogP) is 8.88. The van der Waals surface area contributed by atoms with Crippen molar-refractivity contribution >= 4 is 17.9 Å². The summed E-state index contributed by atoms with van der Waals surface area (Å²) in [6.07, 6.45) is 38.3. The first-order chi connectivity index (χ1) is 25.6. The van der Waals surface area contributed by atoms with Crippen LogP contribution in [0.15, 0.2) is 60.8 Å². The molecule has 9 nitrogen and oxygen atoms in total. The Morgan fingerprint density at radius 2 is 1.08 bits per heavy atom. The number of esters is 2. The number of hydrogen-bond donors (Lipinski definition) is 0. The third-order valence-corrected chi connectivity index (χ3v) is 8.28. The molecule has 9 heteroatoms. The van der Waals surface area contributed by atoms with Gasteiger partial charge in [-0.2, -0.15) is 0 Å². The summed E-state index contributed by atoms with van der Waals surface area (Å²) in [5.41, 5.74) is 0. The topological polar surface area (TPSA) is 111 Å². The number of quaternary nitrogens is 1. The molecular weight excluding hydrogens is 670 g/mol. The van der Waals surface area contributed by atoms with Gasteiger partial charge in [0, 0.05) is 12.8 Å². The number of rotatable bonds is 36. The van der Waals surface area contributed by atoms with Crippen LogP contribution in [0.3, 0.4) is 0 Å². The first kappa shape index (κ1) is 50.0. The van der Waals surface area contributed by atoms with Gasteiger partial charge in [0.15, 0.2) is 12.4 Å². The van der Waals surface area contributed by atoms with E-state index in [2.05, 4.69) is 68.5 Å². The molecule has 0 N–H and O–H groups in total. The second-order valence-corrected chi connectivity index (χ2v) is 14.5. The molecule has 0 spiro atoms. The van der Waals surface area contributed by atoms with Crippen LogP contribution in [0.1, 0.15) is 142 Å². The van der Waals surface area contributed by atoms with E-state index < -0.39 is 24.3 Å². The normalized spacial score (nSPS) is 13.6. The minimum atomic E-state index is -1.63. The number of allylic oxidation sites excluding steroid dienone is 10. The van der Waals surface area contributed by atoms with Crippen LogP contribution in [0.4, 0.5) is 0 Å². The van der Waals surface area contributed by atoms with Gasteiger partial charge in [-0.25, -0.2) is 0 Å². The van der Waals surface area contributed by atoms with E-state index in [1.54, 1.807) is 0 Å². The third kappa shape index (κ3) is 37.1. The van der Waals surface area contributed by atoms with Gasteiger partial charge in [-0.3, -0.25) is 9.59 Å². The summed E-state index contributed by atoms with van der Waals surface area (Å²) >= 11 is 0. The zero-order chi connectivity index (χ0) is 39.3. The Morgan fingerprint density at radius 3 is 1.58 bits per heavy atom. The van der Waals surface area contributed by atoms with Gasteiger partial charge < -0.3 is 33.3 Å². The quantitative estimate of drug-likeness (QED) is 0.0206. The monoisotopic (exact) mass is 746 g/mol. The van der Waals surface area contributed by atoms with E-state index in [0.29, 0.717) is 23.9 Å². The van der Waals surface area contributed by atoms with Crippen molar-refractivity contribution in [1.82, 2.24) is 0 Å². The van der Waals surface area contributed by atoms with Gasteiger partial charge in [-0.1, -0.05) is 139 Å². The predicted molar refractivity (Wildman–Crippen MR) is 214 cm³/mol. The number of ether oxygens (including phenoxy) is 4. The van der Waals surface area contributed by atoms with Crippen LogP contribution < -0.4 is 5.11 Å². The van der Waals surface area contributed by atoms with Crippen LogP contribution in [0, 0.1) is 0 Å². The van der Waals surface area contributed by atoms with Crippen molar-refractivity contribution in [2.24, 2.45) is 0 Å². The van der Waals surface area contributed by atoms with Crippen molar-refractivity contribution < 1.29 is 42.9 Å². The van der Waals surface area contributed by atoms with E-state index in [1.165, 1.54) is 51.4 Å². The molecule has 0 saturated heterocycles. The lowest BCUT2D eigenvalue weighted by Gasteiger charge is -2.26. The maximum atomic E-state index is 12.7. The van der Waals surface area contributed by atoms with E-state index >= 15 is 0 Å². The van der Waals surface area contributed by atoms with E-state index in [4.69, 9.17) is 18.9 Å². The summed E-state index contributed by atoms with van der Waals surface area (Å²) in [4.78, 5) is 36.8. The smallest absolute Gasteiger partial charge is 0.306 e. The van der Waals surface area contributed by atoms with Gasteiger partial charge in [0.2, 0.25) is 0 Å². The second kappa shape index (κ2) is 36.0. The molecule has 0 aliphatic rings. The molecular formula is C44H75NO8. The van der Waals surface area contributed by atoms with Crippen molar-refractivity contribution in [1.29, 1.82) is 0 Å². The lowest BCUT2D eigenvalue weighted by Crippen LogP contribution is -2.44. The summed E-state index contributed by atoms with van der Waals surface area (Å²) in [7, 11) is 5.88. The van der Waals surface area contributed by atoms with Gasteiger partial charge in [0.25, 0.3) is 0 Å². The number of carbonyl (C=O) groups excluding carboxylic acids is 3. The van der Waals surface area contributed by atoms with Gasteiger partial charge in [-0.15, -0.1) is 0 Å². The summed E-state index contributed by atoms with van der Waals surface area (Å²) in [5.74, 6) is -2.37. The van der Waals surface area contributed by atoms with Crippen molar-refractivity contribution in [3.8, 4) is 0 Å². The number of carboxylic acid groups (broad SMARTS) is 1. The Labute approximate surface area is 323 Å². The number of carbonyl (C=O) groups is 3. The van der Waals surface area contributed by atoms with Crippen LogP contribution in [-0.2, 0) is 33.3 Å². The van der Waals surface area contributed by atoms with Crippen molar-refractivity contribution in [3.05, 3.63) is 60.8 Å². The van der Waals surface area contributed by atoms with E-state index in [-0.39, 0.29) is 38.6 Å². The molecule has 0 aromatic rings. The Kier molecular flexibility index (Phi) is 33.9. The Bertz CT molecular complexity index is 1060. The van der Waals surface area contributed by atoms with Crippen molar-refractivity contribution in [2.75, 3.05) is 47.5 Å². The molecule has 0 fully saturated rings. The maximum absolute atomic E-state index is 12.7. The van der Waals surface area contributed by atoms with Crippen LogP contribution in [0.25, 0.3) is 0 Å². The minimum absolute atomic E-state index is 0.135. The minimum Gasteiger partial charge on any atom is -0.545 e. The number of carboxylic acids is 1. The Balaban J connectivity index is 4.62. The molecule has 0 aromatic heterocycles. The first-order valence-corrected chi connectivity index (χ1v) is 20.4. The average molecular weight is 746 g/mol. The summed E-state index contributed by atoms with van der Waals surface area (Å²) in [6, 6.07) is 0. The van der Waals surface area contributed by atoms with E-state index in [1.807, 2.05) is 27.2 Å². The molecule has 0 rings (SSSR count). The fourth-order valence-electron chi connectivity index (χ4n) is 5.10. The van der Waals surface area contributed by atoms with Crippen molar-refractivity contribution in [3.63, 3.8) is 0 Å². The molecule has 0 radical (unpaired) electrons. The highest BCUT2D eigenvalue weighted by Gasteiger charge is 2.21.